The van der Waals surface area contributed by atoms with E-state index < -0.39 is 0 Å². The van der Waals surface area contributed by atoms with Gasteiger partial charge >= 0.3 is 0 Å². The van der Waals surface area contributed by atoms with Crippen LogP contribution in [0.15, 0.2) is 42.9 Å². The number of nitrogens with zero attached hydrogens (tertiary/aromatic N) is 7. The Balaban J connectivity index is 1.25. The largest absolute Gasteiger partial charge is 0.378 e. The summed E-state index contributed by atoms with van der Waals surface area (Å²) in [5, 5.41) is 8.52. The lowest BCUT2D eigenvalue weighted by Gasteiger charge is -2.36. The molecule has 5 rings (SSSR count). The highest BCUT2D eigenvalue weighted by molar-refractivity contribution is 5.97. The first-order valence-corrected chi connectivity index (χ1v) is 10.2. The van der Waals surface area contributed by atoms with E-state index >= 15 is 0 Å². The lowest BCUT2D eigenvalue weighted by Crippen LogP contribution is -2.49. The molecule has 3 aromatic rings. The lowest BCUT2D eigenvalue weighted by molar-refractivity contribution is 0.0746. The highest BCUT2D eigenvalue weighted by atomic mass is 16.5. The number of ether oxygens (including phenoxy) is 1. The van der Waals surface area contributed by atoms with Crippen molar-refractivity contribution < 1.29 is 9.53 Å². The van der Waals surface area contributed by atoms with Gasteiger partial charge in [0.15, 0.2) is 5.82 Å². The molecule has 1 aromatic carbocycles. The minimum absolute atomic E-state index is 0.0235. The summed E-state index contributed by atoms with van der Waals surface area (Å²) in [6.07, 6.45) is 5.10. The lowest BCUT2D eigenvalue weighted by atomic mass is 10.1. The molecular weight excluding hydrogens is 382 g/mol. The molecule has 4 heterocycles. The summed E-state index contributed by atoms with van der Waals surface area (Å²) in [6, 6.07) is 7.56. The van der Waals surface area contributed by atoms with E-state index in [-0.39, 0.29) is 5.91 Å². The number of rotatable bonds is 3. The fourth-order valence-corrected chi connectivity index (χ4v) is 3.91. The van der Waals surface area contributed by atoms with Crippen LogP contribution in [0.25, 0.3) is 11.0 Å². The van der Waals surface area contributed by atoms with E-state index in [4.69, 9.17) is 4.74 Å². The summed E-state index contributed by atoms with van der Waals surface area (Å²) >= 11 is 0. The number of fused-ring (bicyclic) bond motifs is 1. The van der Waals surface area contributed by atoms with Gasteiger partial charge in [-0.2, -0.15) is 5.10 Å². The molecule has 0 radical (unpaired) electrons. The van der Waals surface area contributed by atoms with Gasteiger partial charge < -0.3 is 19.4 Å². The smallest absolute Gasteiger partial charge is 0.254 e. The van der Waals surface area contributed by atoms with Gasteiger partial charge in [0.25, 0.3) is 5.91 Å². The number of hydrogen-bond donors (Lipinski definition) is 0. The molecule has 2 fully saturated rings. The molecule has 0 atom stereocenters. The third-order valence-corrected chi connectivity index (χ3v) is 5.61. The predicted molar refractivity (Wildman–Crippen MR) is 113 cm³/mol. The van der Waals surface area contributed by atoms with Crippen LogP contribution >= 0.6 is 0 Å². The summed E-state index contributed by atoms with van der Waals surface area (Å²) in [6.45, 7) is 5.92. The summed E-state index contributed by atoms with van der Waals surface area (Å²) in [7, 11) is 0. The molecule has 2 aliphatic heterocycles. The Hall–Kier alpha value is -3.33. The van der Waals surface area contributed by atoms with Gasteiger partial charge in [0.1, 0.15) is 0 Å². The third-order valence-electron chi connectivity index (χ3n) is 5.61. The number of carbonyl (C=O) groups excluding carboxylic acids is 1. The predicted octanol–water partition coefficient (Wildman–Crippen LogP) is 1.22. The van der Waals surface area contributed by atoms with Gasteiger partial charge in [0.05, 0.1) is 36.1 Å². The van der Waals surface area contributed by atoms with Crippen LogP contribution in [0.4, 0.5) is 11.5 Å². The molecule has 0 N–H and O–H groups in total. The van der Waals surface area contributed by atoms with Crippen molar-refractivity contribution in [1.82, 2.24) is 25.1 Å². The highest BCUT2D eigenvalue weighted by Crippen LogP contribution is 2.21. The molecule has 9 nitrogen and oxygen atoms in total. The second-order valence-electron chi connectivity index (χ2n) is 7.41. The Bertz CT molecular complexity index is 1050. The Morgan fingerprint density at radius 2 is 1.63 bits per heavy atom. The number of carbonyl (C=O) groups is 1. The monoisotopic (exact) mass is 405 g/mol. The van der Waals surface area contributed by atoms with Crippen LogP contribution in [-0.4, -0.2) is 83.5 Å². The number of benzene rings is 1. The topological polar surface area (TPSA) is 87.6 Å². The normalized spacial score (nSPS) is 17.4. The fraction of sp³-hybridized carbons (Fsp3) is 0.381. The van der Waals surface area contributed by atoms with E-state index in [1.54, 1.807) is 18.6 Å². The zero-order valence-corrected chi connectivity index (χ0v) is 16.6. The molecule has 0 spiro atoms. The van der Waals surface area contributed by atoms with Crippen molar-refractivity contribution in [2.75, 3.05) is 62.3 Å². The zero-order valence-electron chi connectivity index (χ0n) is 16.6. The molecule has 30 heavy (non-hydrogen) atoms. The molecular formula is C21H23N7O2. The van der Waals surface area contributed by atoms with Crippen LogP contribution in [0.5, 0.6) is 0 Å². The van der Waals surface area contributed by atoms with Crippen molar-refractivity contribution >= 4 is 28.4 Å². The molecule has 0 aliphatic carbocycles. The summed E-state index contributed by atoms with van der Waals surface area (Å²) in [5.41, 5.74) is 3.24. The third kappa shape index (κ3) is 3.76. The Labute approximate surface area is 174 Å². The molecule has 2 aliphatic rings. The summed E-state index contributed by atoms with van der Waals surface area (Å²) in [4.78, 5) is 27.9. The van der Waals surface area contributed by atoms with Gasteiger partial charge in [-0.05, 0) is 18.2 Å². The molecule has 1 amide bonds. The number of piperazine rings is 1. The zero-order chi connectivity index (χ0) is 20.3. The number of hydrogen-bond acceptors (Lipinski definition) is 8. The summed E-state index contributed by atoms with van der Waals surface area (Å²) in [5.74, 6) is 0.877. The fourth-order valence-electron chi connectivity index (χ4n) is 3.91. The standard InChI is InChI=1S/C21H23N7O2/c29-21(16-1-2-18-19(13-16)23-4-3-22-18)28-7-5-27(6-8-28)20-14-17(15-24-25-20)26-9-11-30-12-10-26/h1-4,13-15H,5-12H2. The minimum atomic E-state index is 0.0235. The molecule has 2 aromatic heterocycles. The second kappa shape index (κ2) is 8.19. The maximum absolute atomic E-state index is 13.0. The van der Waals surface area contributed by atoms with Crippen LogP contribution < -0.4 is 9.80 Å². The van der Waals surface area contributed by atoms with E-state index in [1.807, 2.05) is 23.1 Å². The molecule has 0 bridgehead atoms. The average Bonchev–Trinajstić information content (AvgIpc) is 2.84. The molecule has 2 saturated heterocycles. The quantitative estimate of drug-likeness (QED) is 0.643. The van der Waals surface area contributed by atoms with Crippen molar-refractivity contribution in [3.63, 3.8) is 0 Å². The van der Waals surface area contributed by atoms with Crippen molar-refractivity contribution in [1.29, 1.82) is 0 Å². The van der Waals surface area contributed by atoms with Gasteiger partial charge in [0.2, 0.25) is 0 Å². The van der Waals surface area contributed by atoms with Crippen LogP contribution in [0.2, 0.25) is 0 Å². The Kier molecular flexibility index (Phi) is 5.10. The maximum Gasteiger partial charge on any atom is 0.254 e. The van der Waals surface area contributed by atoms with Gasteiger partial charge in [-0.15, -0.1) is 5.10 Å². The van der Waals surface area contributed by atoms with Crippen LogP contribution in [0.3, 0.4) is 0 Å². The van der Waals surface area contributed by atoms with Crippen molar-refractivity contribution in [3.8, 4) is 0 Å². The SMILES string of the molecule is O=C(c1ccc2nccnc2c1)N1CCN(c2cc(N3CCOCC3)cnn2)CC1. The van der Waals surface area contributed by atoms with E-state index in [0.29, 0.717) is 18.7 Å². The minimum Gasteiger partial charge on any atom is -0.378 e. The molecule has 0 saturated carbocycles. The average molecular weight is 405 g/mol. The molecule has 154 valence electrons. The van der Waals surface area contributed by atoms with Gasteiger partial charge in [-0.25, -0.2) is 0 Å². The first-order valence-electron chi connectivity index (χ1n) is 10.2. The Morgan fingerprint density at radius 3 is 2.43 bits per heavy atom. The van der Waals surface area contributed by atoms with E-state index in [1.165, 1.54) is 0 Å². The van der Waals surface area contributed by atoms with Crippen molar-refractivity contribution in [2.24, 2.45) is 0 Å². The van der Waals surface area contributed by atoms with E-state index in [2.05, 4.69) is 36.0 Å². The molecule has 0 unspecified atom stereocenters. The number of amides is 1. The number of aromatic nitrogens is 4. The number of morpholine rings is 1. The van der Waals surface area contributed by atoms with Crippen LogP contribution in [0.1, 0.15) is 10.4 Å². The van der Waals surface area contributed by atoms with Crippen molar-refractivity contribution in [2.45, 2.75) is 0 Å². The summed E-state index contributed by atoms with van der Waals surface area (Å²) < 4.78 is 5.43. The van der Waals surface area contributed by atoms with Gasteiger partial charge in [-0.3, -0.25) is 14.8 Å². The molecule has 9 heteroatoms. The first kappa shape index (κ1) is 18.7. The van der Waals surface area contributed by atoms with Crippen LogP contribution in [-0.2, 0) is 4.74 Å². The maximum atomic E-state index is 13.0. The van der Waals surface area contributed by atoms with Crippen molar-refractivity contribution in [3.05, 3.63) is 48.4 Å². The van der Waals surface area contributed by atoms with Gasteiger partial charge in [0, 0.05) is 63.3 Å². The first-order chi connectivity index (χ1) is 14.8. The van der Waals surface area contributed by atoms with Crippen LogP contribution in [0, 0.1) is 0 Å². The highest BCUT2D eigenvalue weighted by Gasteiger charge is 2.24. The van der Waals surface area contributed by atoms with Gasteiger partial charge in [-0.1, -0.05) is 0 Å². The number of anilines is 2. The van der Waals surface area contributed by atoms with E-state index in [9.17, 15) is 4.79 Å². The second-order valence-corrected chi connectivity index (χ2v) is 7.41. The Morgan fingerprint density at radius 1 is 0.867 bits per heavy atom. The van der Waals surface area contributed by atoms with E-state index in [0.717, 1.165) is 61.9 Å².